The molecule has 2 fully saturated rings. The van der Waals surface area contributed by atoms with Gasteiger partial charge >= 0.3 is 5.97 Å². The fourth-order valence-corrected chi connectivity index (χ4v) is 4.10. The van der Waals surface area contributed by atoms with Crippen LogP contribution in [-0.4, -0.2) is 35.9 Å². The second-order valence-electron chi connectivity index (χ2n) is 7.34. The molecule has 2 aliphatic heterocycles. The Morgan fingerprint density at radius 3 is 2.71 bits per heavy atom. The highest BCUT2D eigenvalue weighted by Crippen LogP contribution is 2.41. The normalized spacial score (nSPS) is 28.9. The largest absolute Gasteiger partial charge is 0.481 e. The standard InChI is InChI=1S/C20H35NO3/c1-2-3-4-7-10-15-21-20-16(17-13-14-18(20)24-17)11-8-5-6-9-12-19(22)23/h5,8,16-18,20-21H,2-4,6-7,9-15H2,1H3,(H,22,23)/b8-5+. The SMILES string of the molecule is CCCCCCCNC1C2CCC(O2)C1C/C=C/CCCC(=O)O. The maximum atomic E-state index is 10.5. The average molecular weight is 338 g/mol. The fraction of sp³-hybridized carbons (Fsp3) is 0.850. The molecule has 0 spiro atoms. The Hall–Kier alpha value is -0.870. The van der Waals surface area contributed by atoms with Crippen molar-refractivity contribution in [3.05, 3.63) is 12.2 Å². The molecule has 0 aromatic carbocycles. The van der Waals surface area contributed by atoms with Crippen molar-refractivity contribution < 1.29 is 14.6 Å². The zero-order chi connectivity index (χ0) is 17.2. The lowest BCUT2D eigenvalue weighted by Crippen LogP contribution is -2.44. The summed E-state index contributed by atoms with van der Waals surface area (Å²) in [5.74, 6) is -0.108. The first-order valence-electron chi connectivity index (χ1n) is 9.98. The number of carboxylic acids is 1. The Morgan fingerprint density at radius 1 is 1.12 bits per heavy atom. The molecule has 4 nitrogen and oxygen atoms in total. The summed E-state index contributed by atoms with van der Waals surface area (Å²) in [6.07, 6.45) is 17.2. The molecule has 0 radical (unpaired) electrons. The number of unbranched alkanes of at least 4 members (excludes halogenated alkanes) is 5. The van der Waals surface area contributed by atoms with Gasteiger partial charge in [-0.2, -0.15) is 0 Å². The van der Waals surface area contributed by atoms with Crippen molar-refractivity contribution in [3.8, 4) is 0 Å². The first-order chi connectivity index (χ1) is 11.7. The van der Waals surface area contributed by atoms with Crippen LogP contribution in [0.15, 0.2) is 12.2 Å². The van der Waals surface area contributed by atoms with Crippen LogP contribution in [-0.2, 0) is 9.53 Å². The van der Waals surface area contributed by atoms with Gasteiger partial charge in [-0.1, -0.05) is 44.8 Å². The summed E-state index contributed by atoms with van der Waals surface area (Å²) >= 11 is 0. The molecule has 4 heteroatoms. The zero-order valence-corrected chi connectivity index (χ0v) is 15.2. The minimum atomic E-state index is -0.701. The van der Waals surface area contributed by atoms with E-state index in [0.717, 1.165) is 25.8 Å². The van der Waals surface area contributed by atoms with Gasteiger partial charge in [0.05, 0.1) is 12.2 Å². The average Bonchev–Trinajstić information content (AvgIpc) is 3.15. The summed E-state index contributed by atoms with van der Waals surface area (Å²) in [5, 5.41) is 12.4. The van der Waals surface area contributed by atoms with E-state index in [4.69, 9.17) is 9.84 Å². The number of hydrogen-bond donors (Lipinski definition) is 2. The van der Waals surface area contributed by atoms with Gasteiger partial charge in [-0.25, -0.2) is 0 Å². The molecule has 2 heterocycles. The highest BCUT2D eigenvalue weighted by molar-refractivity contribution is 5.66. The maximum Gasteiger partial charge on any atom is 0.303 e. The van der Waals surface area contributed by atoms with E-state index >= 15 is 0 Å². The van der Waals surface area contributed by atoms with Crippen LogP contribution >= 0.6 is 0 Å². The lowest BCUT2D eigenvalue weighted by Gasteiger charge is -2.28. The number of carbonyl (C=O) groups is 1. The molecule has 0 aromatic heterocycles. The Kier molecular flexibility index (Phi) is 8.82. The van der Waals surface area contributed by atoms with Crippen LogP contribution in [0, 0.1) is 5.92 Å². The van der Waals surface area contributed by atoms with Gasteiger partial charge in [0.15, 0.2) is 0 Å². The van der Waals surface area contributed by atoms with E-state index in [-0.39, 0.29) is 6.42 Å². The second-order valence-corrected chi connectivity index (χ2v) is 7.34. The van der Waals surface area contributed by atoms with E-state index in [1.807, 2.05) is 0 Å². The molecule has 4 atom stereocenters. The molecule has 138 valence electrons. The molecule has 4 unspecified atom stereocenters. The van der Waals surface area contributed by atoms with Gasteiger partial charge < -0.3 is 15.2 Å². The van der Waals surface area contributed by atoms with Crippen LogP contribution in [0.1, 0.15) is 77.6 Å². The molecular weight excluding hydrogens is 302 g/mol. The summed E-state index contributed by atoms with van der Waals surface area (Å²) in [6, 6.07) is 0.513. The van der Waals surface area contributed by atoms with E-state index in [0.29, 0.717) is 24.2 Å². The van der Waals surface area contributed by atoms with Crippen LogP contribution < -0.4 is 5.32 Å². The molecule has 2 aliphatic rings. The number of fused-ring (bicyclic) bond motifs is 2. The van der Waals surface area contributed by atoms with Crippen LogP contribution in [0.5, 0.6) is 0 Å². The van der Waals surface area contributed by atoms with Crippen molar-refractivity contribution in [1.29, 1.82) is 0 Å². The first-order valence-corrected chi connectivity index (χ1v) is 9.98. The molecule has 2 N–H and O–H groups in total. The summed E-state index contributed by atoms with van der Waals surface area (Å²) in [5.41, 5.74) is 0. The lowest BCUT2D eigenvalue weighted by molar-refractivity contribution is -0.137. The highest BCUT2D eigenvalue weighted by atomic mass is 16.5. The smallest absolute Gasteiger partial charge is 0.303 e. The van der Waals surface area contributed by atoms with Crippen LogP contribution in [0.2, 0.25) is 0 Å². The molecule has 2 saturated heterocycles. The predicted molar refractivity (Wildman–Crippen MR) is 97.2 cm³/mol. The van der Waals surface area contributed by atoms with Crippen LogP contribution in [0.4, 0.5) is 0 Å². The van der Waals surface area contributed by atoms with Crippen molar-refractivity contribution in [1.82, 2.24) is 5.32 Å². The minimum absolute atomic E-state index is 0.268. The summed E-state index contributed by atoms with van der Waals surface area (Å²) in [6.45, 7) is 3.37. The van der Waals surface area contributed by atoms with Gasteiger partial charge in [-0.3, -0.25) is 4.79 Å². The van der Waals surface area contributed by atoms with E-state index in [1.165, 1.54) is 44.9 Å². The number of allylic oxidation sites excluding steroid dienone is 2. The number of ether oxygens (including phenoxy) is 1. The highest BCUT2D eigenvalue weighted by Gasteiger charge is 2.47. The van der Waals surface area contributed by atoms with Crippen molar-refractivity contribution in [2.45, 2.75) is 95.8 Å². The van der Waals surface area contributed by atoms with Crippen molar-refractivity contribution in [2.75, 3.05) is 6.54 Å². The Bertz CT molecular complexity index is 396. The quantitative estimate of drug-likeness (QED) is 0.389. The van der Waals surface area contributed by atoms with E-state index < -0.39 is 5.97 Å². The first kappa shape index (κ1) is 19.5. The summed E-state index contributed by atoms with van der Waals surface area (Å²) in [7, 11) is 0. The number of rotatable bonds is 13. The third-order valence-corrected chi connectivity index (χ3v) is 5.42. The van der Waals surface area contributed by atoms with Crippen LogP contribution in [0.3, 0.4) is 0 Å². The molecular formula is C20H35NO3. The molecule has 2 bridgehead atoms. The molecule has 0 saturated carbocycles. The summed E-state index contributed by atoms with van der Waals surface area (Å²) in [4.78, 5) is 10.5. The van der Waals surface area contributed by atoms with E-state index in [1.54, 1.807) is 0 Å². The van der Waals surface area contributed by atoms with Gasteiger partial charge in [-0.15, -0.1) is 0 Å². The molecule has 24 heavy (non-hydrogen) atoms. The lowest BCUT2D eigenvalue weighted by atomic mass is 9.82. The van der Waals surface area contributed by atoms with E-state index in [2.05, 4.69) is 24.4 Å². The van der Waals surface area contributed by atoms with Gasteiger partial charge in [-0.05, 0) is 45.1 Å². The minimum Gasteiger partial charge on any atom is -0.481 e. The van der Waals surface area contributed by atoms with Gasteiger partial charge in [0.2, 0.25) is 0 Å². The third-order valence-electron chi connectivity index (χ3n) is 5.42. The maximum absolute atomic E-state index is 10.5. The Labute approximate surface area is 147 Å². The molecule has 0 amide bonds. The van der Waals surface area contributed by atoms with Gasteiger partial charge in [0, 0.05) is 18.4 Å². The zero-order valence-electron chi connectivity index (χ0n) is 15.2. The predicted octanol–water partition coefficient (Wildman–Crippen LogP) is 4.29. The fourth-order valence-electron chi connectivity index (χ4n) is 4.10. The van der Waals surface area contributed by atoms with E-state index in [9.17, 15) is 4.79 Å². The Balaban J connectivity index is 1.65. The van der Waals surface area contributed by atoms with Crippen molar-refractivity contribution in [2.24, 2.45) is 5.92 Å². The van der Waals surface area contributed by atoms with Gasteiger partial charge in [0.25, 0.3) is 0 Å². The van der Waals surface area contributed by atoms with Crippen molar-refractivity contribution >= 4 is 5.97 Å². The summed E-state index contributed by atoms with van der Waals surface area (Å²) < 4.78 is 6.13. The molecule has 2 rings (SSSR count). The number of carboxylic acid groups (broad SMARTS) is 1. The topological polar surface area (TPSA) is 58.6 Å². The number of hydrogen-bond acceptors (Lipinski definition) is 3. The second kappa shape index (κ2) is 10.9. The van der Waals surface area contributed by atoms with Crippen molar-refractivity contribution in [3.63, 3.8) is 0 Å². The number of nitrogens with one attached hydrogen (secondary N) is 1. The van der Waals surface area contributed by atoms with Crippen LogP contribution in [0.25, 0.3) is 0 Å². The number of aliphatic carboxylic acids is 1. The third kappa shape index (κ3) is 6.21. The molecule has 0 aliphatic carbocycles. The molecule has 0 aromatic rings. The Morgan fingerprint density at radius 2 is 1.92 bits per heavy atom. The monoisotopic (exact) mass is 337 g/mol. The van der Waals surface area contributed by atoms with Gasteiger partial charge in [0.1, 0.15) is 0 Å².